The van der Waals surface area contributed by atoms with Crippen LogP contribution in [0.15, 0.2) is 166 Å². The van der Waals surface area contributed by atoms with E-state index in [-0.39, 0.29) is 0 Å². The van der Waals surface area contributed by atoms with Crippen LogP contribution in [0.5, 0.6) is 0 Å². The average Bonchev–Trinajstić information content (AvgIpc) is 3.17. The summed E-state index contributed by atoms with van der Waals surface area (Å²) in [5.41, 5.74) is 9.32. The molecule has 50 heavy (non-hydrogen) atoms. The number of hydrogen-bond acceptors (Lipinski definition) is 3. The van der Waals surface area contributed by atoms with Crippen molar-refractivity contribution in [3.8, 4) is 11.1 Å². The van der Waals surface area contributed by atoms with E-state index in [0.717, 1.165) is 50.1 Å². The van der Waals surface area contributed by atoms with Gasteiger partial charge in [-0.2, -0.15) is 0 Å². The van der Waals surface area contributed by atoms with Crippen LogP contribution < -0.4 is 0 Å². The van der Waals surface area contributed by atoms with Crippen LogP contribution in [0.2, 0.25) is 0 Å². The highest BCUT2D eigenvalue weighted by molar-refractivity contribution is 6.13. The molecule has 5 nitrogen and oxygen atoms in total. The third kappa shape index (κ3) is 13.2. The number of rotatable bonds is 12. The van der Waals surface area contributed by atoms with E-state index >= 15 is 0 Å². The second kappa shape index (κ2) is 24.6. The lowest BCUT2D eigenvalue weighted by molar-refractivity contribution is 1.12. The summed E-state index contributed by atoms with van der Waals surface area (Å²) < 4.78 is 0. The van der Waals surface area contributed by atoms with Crippen molar-refractivity contribution in [1.29, 1.82) is 5.41 Å². The van der Waals surface area contributed by atoms with Crippen molar-refractivity contribution in [2.24, 2.45) is 15.0 Å². The van der Waals surface area contributed by atoms with Crippen molar-refractivity contribution in [3.05, 3.63) is 168 Å². The van der Waals surface area contributed by atoms with Gasteiger partial charge in [0.1, 0.15) is 0 Å². The van der Waals surface area contributed by atoms with Crippen LogP contribution >= 0.6 is 0 Å². The Labute approximate surface area is 302 Å². The van der Waals surface area contributed by atoms with Crippen LogP contribution in [0.25, 0.3) is 16.7 Å². The fourth-order valence-electron chi connectivity index (χ4n) is 4.61. The lowest BCUT2D eigenvalue weighted by atomic mass is 9.98. The summed E-state index contributed by atoms with van der Waals surface area (Å²) in [7, 11) is 0. The summed E-state index contributed by atoms with van der Waals surface area (Å²) in [6.07, 6.45) is 21.1. The normalized spacial score (nSPS) is 13.0. The Bertz CT molecular complexity index is 1760. The Morgan fingerprint density at radius 2 is 1.24 bits per heavy atom. The number of nitrogens with zero attached hydrogens (tertiary/aromatic N) is 4. The molecule has 0 saturated heterocycles. The molecule has 0 unspecified atom stereocenters. The Kier molecular flexibility index (Phi) is 20.9. The first-order valence-electron chi connectivity index (χ1n) is 17.2. The maximum Gasteiger partial charge on any atom is 0.161 e. The molecule has 260 valence electrons. The van der Waals surface area contributed by atoms with E-state index in [0.29, 0.717) is 23.9 Å². The van der Waals surface area contributed by atoms with E-state index in [4.69, 9.17) is 15.4 Å². The van der Waals surface area contributed by atoms with E-state index in [2.05, 4.69) is 41.5 Å². The molecule has 0 fully saturated rings. The van der Waals surface area contributed by atoms with Gasteiger partial charge in [-0.15, -0.1) is 0 Å². The third-order valence-corrected chi connectivity index (χ3v) is 7.31. The molecule has 1 aromatic heterocycles. The maximum absolute atomic E-state index is 8.46. The highest BCUT2D eigenvalue weighted by Crippen LogP contribution is 2.22. The van der Waals surface area contributed by atoms with Gasteiger partial charge in [-0.05, 0) is 98.5 Å². The predicted molar refractivity (Wildman–Crippen MR) is 223 cm³/mol. The molecule has 0 radical (unpaired) electrons. The van der Waals surface area contributed by atoms with Gasteiger partial charge >= 0.3 is 0 Å². The van der Waals surface area contributed by atoms with E-state index in [1.165, 1.54) is 0 Å². The van der Waals surface area contributed by atoms with Gasteiger partial charge in [0.15, 0.2) is 11.7 Å². The first-order chi connectivity index (χ1) is 24.4. The summed E-state index contributed by atoms with van der Waals surface area (Å²) in [6.45, 7) is 25.9. The first kappa shape index (κ1) is 42.5. The smallest absolute Gasteiger partial charge is 0.161 e. The van der Waals surface area contributed by atoms with Crippen molar-refractivity contribution in [2.45, 2.75) is 62.3 Å². The van der Waals surface area contributed by atoms with Gasteiger partial charge in [0, 0.05) is 23.5 Å². The molecule has 0 spiro atoms. The average molecular weight is 666 g/mol. The maximum atomic E-state index is 8.46. The number of hydrogen-bond donors (Lipinski definition) is 1. The standard InChI is InChI=1S/C41H43N5.2C2H6/c1-8-12-16-38(30(5)31(6)39(42)15-11-4)29-45-41(37-23-19-34(20-24-37)35-25-27-44-28-26-35)46-40(43-7)36-21-17-33(18-22-36)32(13-9-2)14-10-3;2*1-2/h8-28,42H,2,7,29H2,1,3-6H3;2*1-2H3/b12-8-,14-10-,15-11-,31-30+,32-13+,38-16-,42-39?,45-41?,46-40?;;. The van der Waals surface area contributed by atoms with Gasteiger partial charge in [0.2, 0.25) is 0 Å². The summed E-state index contributed by atoms with van der Waals surface area (Å²) in [5, 5.41) is 8.46. The molecule has 0 aliphatic carbocycles. The molecule has 0 bridgehead atoms. The number of pyridine rings is 1. The zero-order chi connectivity index (χ0) is 37.3. The monoisotopic (exact) mass is 665 g/mol. The first-order valence-corrected chi connectivity index (χ1v) is 17.2. The van der Waals surface area contributed by atoms with Crippen LogP contribution in [0, 0.1) is 5.41 Å². The quantitative estimate of drug-likeness (QED) is 0.117. The molecule has 3 rings (SSSR count). The van der Waals surface area contributed by atoms with Gasteiger partial charge in [-0.3, -0.25) is 9.98 Å². The molecule has 0 aliphatic rings. The molecule has 1 heterocycles. The zero-order valence-corrected chi connectivity index (χ0v) is 31.5. The molecular weight excluding hydrogens is 611 g/mol. The molecule has 2 aromatic carbocycles. The van der Waals surface area contributed by atoms with Gasteiger partial charge < -0.3 is 5.41 Å². The Balaban J connectivity index is 0.00000301. The van der Waals surface area contributed by atoms with E-state index in [1.807, 2.05) is 147 Å². The summed E-state index contributed by atoms with van der Waals surface area (Å²) in [5.74, 6) is 1.01. The molecule has 0 atom stereocenters. The van der Waals surface area contributed by atoms with E-state index < -0.39 is 0 Å². The fraction of sp³-hybridized carbons (Fsp3) is 0.222. The molecule has 5 heteroatoms. The number of amidine groups is 2. The Morgan fingerprint density at radius 3 is 1.78 bits per heavy atom. The molecule has 0 amide bonds. The third-order valence-electron chi connectivity index (χ3n) is 7.31. The van der Waals surface area contributed by atoms with Gasteiger partial charge in [-0.1, -0.05) is 131 Å². The van der Waals surface area contributed by atoms with Crippen LogP contribution in [0.1, 0.15) is 79.0 Å². The van der Waals surface area contributed by atoms with E-state index in [1.54, 1.807) is 24.5 Å². The summed E-state index contributed by atoms with van der Waals surface area (Å²) in [6, 6.07) is 20.2. The number of aliphatic imine (C=N–C) groups is 3. The number of benzene rings is 2. The van der Waals surface area contributed by atoms with Gasteiger partial charge in [0.05, 0.1) is 12.3 Å². The van der Waals surface area contributed by atoms with Crippen LogP contribution in [-0.4, -0.2) is 35.6 Å². The minimum absolute atomic E-state index is 0.365. The number of aromatic nitrogens is 1. The minimum Gasteiger partial charge on any atom is -0.301 e. The molecule has 0 aliphatic heterocycles. The van der Waals surface area contributed by atoms with Crippen LogP contribution in [-0.2, 0) is 0 Å². The van der Waals surface area contributed by atoms with Crippen molar-refractivity contribution in [2.75, 3.05) is 6.54 Å². The molecule has 0 saturated carbocycles. The second-order valence-electron chi connectivity index (χ2n) is 10.4. The lowest BCUT2D eigenvalue weighted by Gasteiger charge is -2.12. The highest BCUT2D eigenvalue weighted by Gasteiger charge is 2.11. The summed E-state index contributed by atoms with van der Waals surface area (Å²) in [4.78, 5) is 18.5. The van der Waals surface area contributed by atoms with Gasteiger partial charge in [0.25, 0.3) is 0 Å². The summed E-state index contributed by atoms with van der Waals surface area (Å²) >= 11 is 0. The predicted octanol–water partition coefficient (Wildman–Crippen LogP) is 12.3. The second-order valence-corrected chi connectivity index (χ2v) is 10.4. The largest absolute Gasteiger partial charge is 0.301 e. The van der Waals surface area contributed by atoms with Crippen molar-refractivity contribution in [3.63, 3.8) is 0 Å². The minimum atomic E-state index is 0.365. The topological polar surface area (TPSA) is 73.8 Å². The molecule has 1 N–H and O–H groups in total. The zero-order valence-electron chi connectivity index (χ0n) is 31.5. The molecule has 3 aromatic rings. The Morgan fingerprint density at radius 1 is 0.700 bits per heavy atom. The number of allylic oxidation sites excluding steroid dienone is 11. The van der Waals surface area contributed by atoms with Crippen molar-refractivity contribution >= 4 is 29.7 Å². The highest BCUT2D eigenvalue weighted by atomic mass is 15.0. The fourth-order valence-corrected chi connectivity index (χ4v) is 4.61. The lowest BCUT2D eigenvalue weighted by Crippen LogP contribution is -2.07. The molecular formula is C45H55N5. The van der Waals surface area contributed by atoms with Gasteiger partial charge in [-0.25, -0.2) is 9.98 Å². The Hall–Kier alpha value is -5.55. The van der Waals surface area contributed by atoms with E-state index in [9.17, 15) is 0 Å². The van der Waals surface area contributed by atoms with Crippen molar-refractivity contribution < 1.29 is 0 Å². The van der Waals surface area contributed by atoms with Crippen molar-refractivity contribution in [1.82, 2.24) is 4.98 Å². The number of nitrogens with one attached hydrogen (secondary N) is 1. The van der Waals surface area contributed by atoms with Crippen LogP contribution in [0.3, 0.4) is 0 Å². The van der Waals surface area contributed by atoms with Crippen LogP contribution in [0.4, 0.5) is 0 Å². The SMILES string of the molecule is C=C/C=C(\C=C/C)c1ccc(C(N=C)=NC(=NCC(=C/C=C\C)/C(C)=C(\C)C(=N)/C=C\C)c2ccc(-c3ccncc3)cc2)cc1.CC.CC.